The molecule has 130 valence electrons. The molecule has 1 atom stereocenters. The Labute approximate surface area is 148 Å². The van der Waals surface area contributed by atoms with E-state index < -0.39 is 0 Å². The van der Waals surface area contributed by atoms with E-state index in [9.17, 15) is 4.79 Å². The zero-order valence-corrected chi connectivity index (χ0v) is 15.4. The topological polar surface area (TPSA) is 41.6 Å². The first-order valence-corrected chi connectivity index (χ1v) is 9.11. The van der Waals surface area contributed by atoms with Crippen molar-refractivity contribution in [2.75, 3.05) is 20.3 Å². The first kappa shape index (κ1) is 18.5. The van der Waals surface area contributed by atoms with E-state index in [0.717, 1.165) is 16.9 Å². The van der Waals surface area contributed by atoms with E-state index >= 15 is 0 Å². The number of thiophene rings is 1. The summed E-state index contributed by atoms with van der Waals surface area (Å²) < 4.78 is 5.12. The van der Waals surface area contributed by atoms with Crippen molar-refractivity contribution < 1.29 is 9.53 Å². The summed E-state index contributed by atoms with van der Waals surface area (Å²) in [6.07, 6.45) is 0.823. The van der Waals surface area contributed by atoms with Gasteiger partial charge in [-0.1, -0.05) is 35.9 Å². The van der Waals surface area contributed by atoms with Gasteiger partial charge in [0.25, 0.3) is 0 Å². The molecule has 0 aliphatic heterocycles. The molecular formula is C19H26N2O2S. The van der Waals surface area contributed by atoms with Crippen molar-refractivity contribution in [1.29, 1.82) is 0 Å². The number of hydrogen-bond donors (Lipinski definition) is 1. The number of urea groups is 1. The van der Waals surface area contributed by atoms with Crippen LogP contribution in [0.15, 0.2) is 41.8 Å². The molecule has 4 nitrogen and oxygen atoms in total. The van der Waals surface area contributed by atoms with Gasteiger partial charge >= 0.3 is 6.03 Å². The smallest absolute Gasteiger partial charge is 0.318 e. The van der Waals surface area contributed by atoms with Crippen molar-refractivity contribution in [1.82, 2.24) is 10.2 Å². The van der Waals surface area contributed by atoms with Crippen LogP contribution in [0.25, 0.3) is 0 Å². The molecule has 1 aromatic carbocycles. The van der Waals surface area contributed by atoms with Gasteiger partial charge < -0.3 is 15.0 Å². The Balaban J connectivity index is 2.00. The molecule has 0 spiro atoms. The summed E-state index contributed by atoms with van der Waals surface area (Å²) in [6, 6.07) is 12.3. The van der Waals surface area contributed by atoms with Gasteiger partial charge in [0, 0.05) is 31.7 Å². The molecule has 24 heavy (non-hydrogen) atoms. The first-order valence-electron chi connectivity index (χ1n) is 8.23. The Kier molecular flexibility index (Phi) is 7.28. The lowest BCUT2D eigenvalue weighted by molar-refractivity contribution is 0.164. The summed E-state index contributed by atoms with van der Waals surface area (Å²) in [4.78, 5) is 15.7. The molecule has 0 saturated heterocycles. The average Bonchev–Trinajstić information content (AvgIpc) is 3.10. The predicted octanol–water partition coefficient (Wildman–Crippen LogP) is 4.37. The number of benzene rings is 1. The number of hydrogen-bond acceptors (Lipinski definition) is 3. The van der Waals surface area contributed by atoms with E-state index in [1.165, 1.54) is 5.56 Å². The third-order valence-corrected chi connectivity index (χ3v) is 4.92. The third kappa shape index (κ3) is 5.65. The fourth-order valence-corrected chi connectivity index (χ4v) is 3.19. The van der Waals surface area contributed by atoms with Crippen LogP contribution in [0.1, 0.15) is 35.4 Å². The van der Waals surface area contributed by atoms with E-state index in [1.54, 1.807) is 18.4 Å². The van der Waals surface area contributed by atoms with Crippen LogP contribution in [-0.2, 0) is 11.3 Å². The first-order chi connectivity index (χ1) is 11.6. The second-order valence-electron chi connectivity index (χ2n) is 5.94. The lowest BCUT2D eigenvalue weighted by Gasteiger charge is -2.25. The minimum atomic E-state index is -0.0346. The third-order valence-electron chi connectivity index (χ3n) is 3.87. The highest BCUT2D eigenvalue weighted by molar-refractivity contribution is 7.10. The van der Waals surface area contributed by atoms with Crippen LogP contribution in [0.5, 0.6) is 0 Å². The van der Waals surface area contributed by atoms with Crippen molar-refractivity contribution in [2.24, 2.45) is 0 Å². The number of rotatable bonds is 8. The van der Waals surface area contributed by atoms with Gasteiger partial charge in [-0.15, -0.1) is 11.3 Å². The SMILES string of the molecule is COCCCN(Cc1ccc(C)cc1)C(=O)N[C@@H](C)c1cccs1. The lowest BCUT2D eigenvalue weighted by Crippen LogP contribution is -2.41. The molecule has 0 saturated carbocycles. The van der Waals surface area contributed by atoms with Crippen LogP contribution < -0.4 is 5.32 Å². The second-order valence-corrected chi connectivity index (χ2v) is 6.92. The highest BCUT2D eigenvalue weighted by Crippen LogP contribution is 2.18. The molecule has 2 aromatic rings. The number of aryl methyl sites for hydroxylation is 1. The van der Waals surface area contributed by atoms with E-state index in [1.807, 2.05) is 29.3 Å². The summed E-state index contributed by atoms with van der Waals surface area (Å²) in [5.74, 6) is 0. The average molecular weight is 346 g/mol. The zero-order valence-electron chi connectivity index (χ0n) is 14.6. The van der Waals surface area contributed by atoms with Crippen LogP contribution in [0.2, 0.25) is 0 Å². The highest BCUT2D eigenvalue weighted by atomic mass is 32.1. The van der Waals surface area contributed by atoms with E-state index in [4.69, 9.17) is 4.74 Å². The van der Waals surface area contributed by atoms with Gasteiger partial charge in [-0.2, -0.15) is 0 Å². The quantitative estimate of drug-likeness (QED) is 0.721. The van der Waals surface area contributed by atoms with Gasteiger partial charge in [0.2, 0.25) is 0 Å². The second kappa shape index (κ2) is 9.45. The molecule has 0 aliphatic rings. The maximum Gasteiger partial charge on any atom is 0.318 e. The number of amides is 2. The maximum atomic E-state index is 12.7. The summed E-state index contributed by atoms with van der Waals surface area (Å²) in [7, 11) is 1.68. The lowest BCUT2D eigenvalue weighted by atomic mass is 10.1. The Morgan fingerprint density at radius 1 is 1.29 bits per heavy atom. The summed E-state index contributed by atoms with van der Waals surface area (Å²) >= 11 is 1.66. The summed E-state index contributed by atoms with van der Waals surface area (Å²) in [5.41, 5.74) is 2.36. The number of nitrogens with zero attached hydrogens (tertiary/aromatic N) is 1. The minimum Gasteiger partial charge on any atom is -0.385 e. The van der Waals surface area contributed by atoms with E-state index in [-0.39, 0.29) is 12.1 Å². The van der Waals surface area contributed by atoms with Crippen molar-refractivity contribution in [3.63, 3.8) is 0 Å². The molecule has 5 heteroatoms. The Morgan fingerprint density at radius 3 is 2.67 bits per heavy atom. The van der Waals surface area contributed by atoms with Gasteiger partial charge in [0.15, 0.2) is 0 Å². The zero-order chi connectivity index (χ0) is 17.4. The predicted molar refractivity (Wildman–Crippen MR) is 99.3 cm³/mol. The summed E-state index contributed by atoms with van der Waals surface area (Å²) in [6.45, 7) is 6.01. The Morgan fingerprint density at radius 2 is 2.04 bits per heavy atom. The number of carbonyl (C=O) groups excluding carboxylic acids is 1. The van der Waals surface area contributed by atoms with Crippen LogP contribution in [0.4, 0.5) is 4.79 Å². The number of carbonyl (C=O) groups is 1. The Bertz CT molecular complexity index is 611. The van der Waals surface area contributed by atoms with Crippen LogP contribution >= 0.6 is 11.3 Å². The number of nitrogens with one attached hydrogen (secondary N) is 1. The molecule has 2 amide bonds. The molecule has 0 bridgehead atoms. The van der Waals surface area contributed by atoms with Crippen molar-refractivity contribution >= 4 is 17.4 Å². The fraction of sp³-hybridized carbons (Fsp3) is 0.421. The van der Waals surface area contributed by atoms with Crippen LogP contribution in [-0.4, -0.2) is 31.2 Å². The molecule has 0 radical (unpaired) electrons. The van der Waals surface area contributed by atoms with Crippen molar-refractivity contribution in [3.05, 3.63) is 57.8 Å². The Hall–Kier alpha value is -1.85. The highest BCUT2D eigenvalue weighted by Gasteiger charge is 2.17. The largest absolute Gasteiger partial charge is 0.385 e. The van der Waals surface area contributed by atoms with Crippen LogP contribution in [0.3, 0.4) is 0 Å². The molecule has 2 rings (SSSR count). The van der Waals surface area contributed by atoms with E-state index in [0.29, 0.717) is 19.7 Å². The molecule has 1 N–H and O–H groups in total. The standard InChI is InChI=1S/C19H26N2O2S/c1-15-7-9-17(10-8-15)14-21(11-5-12-23-3)19(22)20-16(2)18-6-4-13-24-18/h4,6-10,13,16H,5,11-12,14H2,1-3H3,(H,20,22)/t16-/m0/s1. The summed E-state index contributed by atoms with van der Waals surface area (Å²) in [5, 5.41) is 5.13. The maximum absolute atomic E-state index is 12.7. The van der Waals surface area contributed by atoms with Gasteiger partial charge in [0.1, 0.15) is 0 Å². The van der Waals surface area contributed by atoms with E-state index in [2.05, 4.69) is 36.5 Å². The monoisotopic (exact) mass is 346 g/mol. The van der Waals surface area contributed by atoms with Gasteiger partial charge in [-0.25, -0.2) is 4.79 Å². The van der Waals surface area contributed by atoms with Gasteiger partial charge in [0.05, 0.1) is 6.04 Å². The van der Waals surface area contributed by atoms with Gasteiger partial charge in [-0.3, -0.25) is 0 Å². The molecule has 0 aliphatic carbocycles. The number of ether oxygens (including phenoxy) is 1. The molecule has 1 heterocycles. The van der Waals surface area contributed by atoms with Crippen LogP contribution in [0, 0.1) is 6.92 Å². The fourth-order valence-electron chi connectivity index (χ4n) is 2.45. The van der Waals surface area contributed by atoms with Gasteiger partial charge in [-0.05, 0) is 37.3 Å². The molecule has 0 fully saturated rings. The van der Waals surface area contributed by atoms with Crippen molar-refractivity contribution in [3.8, 4) is 0 Å². The number of methoxy groups -OCH3 is 1. The van der Waals surface area contributed by atoms with Crippen molar-refractivity contribution in [2.45, 2.75) is 32.9 Å². The normalized spacial score (nSPS) is 12.0. The molecule has 0 unspecified atom stereocenters. The minimum absolute atomic E-state index is 0.0143. The molecule has 1 aromatic heterocycles. The molecular weight excluding hydrogens is 320 g/mol.